The highest BCUT2D eigenvalue weighted by Gasteiger charge is 2.10. The summed E-state index contributed by atoms with van der Waals surface area (Å²) in [6, 6.07) is 9.56. The number of aromatic nitrogens is 4. The molecule has 1 amide bonds. The van der Waals surface area contributed by atoms with Crippen LogP contribution in [-0.2, 0) is 13.1 Å². The molecule has 1 aromatic carbocycles. The van der Waals surface area contributed by atoms with Crippen molar-refractivity contribution >= 4 is 5.91 Å². The van der Waals surface area contributed by atoms with E-state index in [-0.39, 0.29) is 5.91 Å². The van der Waals surface area contributed by atoms with Gasteiger partial charge in [-0.05, 0) is 18.1 Å². The molecule has 0 atom stereocenters. The summed E-state index contributed by atoms with van der Waals surface area (Å²) in [5.41, 5.74) is 2.42. The predicted octanol–water partition coefficient (Wildman–Crippen LogP) is 1.55. The highest BCUT2D eigenvalue weighted by molar-refractivity contribution is 5.92. The van der Waals surface area contributed by atoms with E-state index in [0.29, 0.717) is 24.5 Å². The molecule has 112 valence electrons. The summed E-state index contributed by atoms with van der Waals surface area (Å²) in [5, 5.41) is 10.5. The molecule has 1 N–H and O–H groups in total. The fourth-order valence-electron chi connectivity index (χ4n) is 2.01. The number of aryl methyl sites for hydroxylation is 1. The molecule has 0 radical (unpaired) electrons. The molecule has 2 aromatic heterocycles. The van der Waals surface area contributed by atoms with E-state index in [1.807, 2.05) is 24.3 Å². The lowest BCUT2D eigenvalue weighted by molar-refractivity contribution is 0.0942. The monoisotopic (exact) mass is 297 g/mol. The molecule has 2 heterocycles. The zero-order chi connectivity index (χ0) is 15.4. The van der Waals surface area contributed by atoms with Crippen molar-refractivity contribution in [2.24, 2.45) is 0 Å². The van der Waals surface area contributed by atoms with Crippen LogP contribution >= 0.6 is 0 Å². The lowest BCUT2D eigenvalue weighted by Crippen LogP contribution is -2.23. The van der Waals surface area contributed by atoms with Gasteiger partial charge < -0.3 is 9.84 Å². The Hall–Kier alpha value is -2.96. The Morgan fingerprint density at radius 3 is 2.68 bits per heavy atom. The number of hydrogen-bond donors (Lipinski definition) is 1. The average Bonchev–Trinajstić information content (AvgIpc) is 3.18. The van der Waals surface area contributed by atoms with Crippen molar-refractivity contribution in [1.29, 1.82) is 0 Å². The Balaban J connectivity index is 1.56. The second-order valence-electron chi connectivity index (χ2n) is 4.92. The van der Waals surface area contributed by atoms with Crippen molar-refractivity contribution in [2.45, 2.75) is 20.0 Å². The average molecular weight is 297 g/mol. The number of nitrogens with zero attached hydrogens (tertiary/aromatic N) is 4. The van der Waals surface area contributed by atoms with E-state index in [1.54, 1.807) is 24.0 Å². The quantitative estimate of drug-likeness (QED) is 0.772. The Morgan fingerprint density at radius 1 is 1.27 bits per heavy atom. The minimum absolute atomic E-state index is 0.247. The Bertz CT molecular complexity index is 747. The molecule has 7 nitrogen and oxygen atoms in total. The molecule has 3 rings (SSSR count). The van der Waals surface area contributed by atoms with E-state index in [9.17, 15) is 4.79 Å². The largest absolute Gasteiger partial charge is 0.361 e. The first-order valence-corrected chi connectivity index (χ1v) is 6.82. The second kappa shape index (κ2) is 6.21. The van der Waals surface area contributed by atoms with Gasteiger partial charge >= 0.3 is 0 Å². The van der Waals surface area contributed by atoms with Crippen molar-refractivity contribution in [3.05, 3.63) is 65.6 Å². The Labute approximate surface area is 127 Å². The van der Waals surface area contributed by atoms with E-state index >= 15 is 0 Å². The first-order valence-electron chi connectivity index (χ1n) is 6.82. The van der Waals surface area contributed by atoms with Gasteiger partial charge in [-0.2, -0.15) is 5.10 Å². The van der Waals surface area contributed by atoms with Gasteiger partial charge in [0.15, 0.2) is 5.69 Å². The number of carbonyl (C=O) groups is 1. The summed E-state index contributed by atoms with van der Waals surface area (Å²) in [4.78, 5) is 15.8. The molecule has 0 spiro atoms. The van der Waals surface area contributed by atoms with Crippen LogP contribution in [0.4, 0.5) is 0 Å². The summed E-state index contributed by atoms with van der Waals surface area (Å²) in [6.45, 7) is 2.86. The topological polar surface area (TPSA) is 85.8 Å². The van der Waals surface area contributed by atoms with Gasteiger partial charge in [0.25, 0.3) is 5.91 Å². The van der Waals surface area contributed by atoms with E-state index in [2.05, 4.69) is 20.6 Å². The first kappa shape index (κ1) is 14.0. The first-order chi connectivity index (χ1) is 10.7. The normalized spacial score (nSPS) is 10.6. The van der Waals surface area contributed by atoms with E-state index in [4.69, 9.17) is 4.52 Å². The molecule has 0 saturated heterocycles. The Kier molecular flexibility index (Phi) is 3.95. The van der Waals surface area contributed by atoms with Crippen LogP contribution < -0.4 is 5.32 Å². The summed E-state index contributed by atoms with van der Waals surface area (Å²) in [6.07, 6.45) is 3.18. The third-order valence-electron chi connectivity index (χ3n) is 3.15. The van der Waals surface area contributed by atoms with Crippen LogP contribution in [0.3, 0.4) is 0 Å². The number of amides is 1. The van der Waals surface area contributed by atoms with E-state index in [0.717, 1.165) is 11.1 Å². The van der Waals surface area contributed by atoms with Crippen molar-refractivity contribution in [2.75, 3.05) is 0 Å². The Morgan fingerprint density at radius 2 is 2.05 bits per heavy atom. The number of carbonyl (C=O) groups excluding carboxylic acids is 1. The minimum atomic E-state index is -0.247. The van der Waals surface area contributed by atoms with Crippen molar-refractivity contribution in [1.82, 2.24) is 25.2 Å². The SMILES string of the molecule is Cc1cc(C(=O)NCc2ccc(Cn3cncn3)cc2)no1. The van der Waals surface area contributed by atoms with Crippen LogP contribution in [0.15, 0.2) is 47.5 Å². The second-order valence-corrected chi connectivity index (χ2v) is 4.92. The van der Waals surface area contributed by atoms with Gasteiger partial charge in [-0.1, -0.05) is 29.4 Å². The summed E-state index contributed by atoms with van der Waals surface area (Å²) < 4.78 is 6.63. The van der Waals surface area contributed by atoms with Crippen LogP contribution in [0.1, 0.15) is 27.4 Å². The fourth-order valence-corrected chi connectivity index (χ4v) is 2.01. The van der Waals surface area contributed by atoms with Gasteiger partial charge in [0.05, 0.1) is 6.54 Å². The molecule has 7 heteroatoms. The molecule has 3 aromatic rings. The zero-order valence-electron chi connectivity index (χ0n) is 12.1. The highest BCUT2D eigenvalue weighted by Crippen LogP contribution is 2.07. The maximum Gasteiger partial charge on any atom is 0.273 e. The smallest absolute Gasteiger partial charge is 0.273 e. The lowest BCUT2D eigenvalue weighted by atomic mass is 10.1. The number of benzene rings is 1. The number of hydrogen-bond acceptors (Lipinski definition) is 5. The molecule has 0 unspecified atom stereocenters. The predicted molar refractivity (Wildman–Crippen MR) is 78.0 cm³/mol. The van der Waals surface area contributed by atoms with Gasteiger partial charge in [-0.25, -0.2) is 9.67 Å². The van der Waals surface area contributed by atoms with Crippen LogP contribution in [0.2, 0.25) is 0 Å². The maximum absolute atomic E-state index is 11.9. The lowest BCUT2D eigenvalue weighted by Gasteiger charge is -2.05. The van der Waals surface area contributed by atoms with E-state index < -0.39 is 0 Å². The van der Waals surface area contributed by atoms with E-state index in [1.165, 1.54) is 6.33 Å². The van der Waals surface area contributed by atoms with Gasteiger partial charge in [0, 0.05) is 12.6 Å². The number of rotatable bonds is 5. The molecule has 0 aliphatic rings. The summed E-state index contributed by atoms with van der Waals surface area (Å²) in [5.74, 6) is 0.367. The summed E-state index contributed by atoms with van der Waals surface area (Å²) in [7, 11) is 0. The molecule has 0 bridgehead atoms. The molecular weight excluding hydrogens is 282 g/mol. The summed E-state index contributed by atoms with van der Waals surface area (Å²) >= 11 is 0. The zero-order valence-corrected chi connectivity index (χ0v) is 12.1. The molecule has 0 saturated carbocycles. The van der Waals surface area contributed by atoms with Gasteiger partial charge in [-0.3, -0.25) is 4.79 Å². The molecule has 22 heavy (non-hydrogen) atoms. The van der Waals surface area contributed by atoms with Gasteiger partial charge in [-0.15, -0.1) is 0 Å². The van der Waals surface area contributed by atoms with Gasteiger partial charge in [0.2, 0.25) is 0 Å². The van der Waals surface area contributed by atoms with Crippen LogP contribution in [0.5, 0.6) is 0 Å². The van der Waals surface area contributed by atoms with Crippen LogP contribution in [0, 0.1) is 6.92 Å². The van der Waals surface area contributed by atoms with Gasteiger partial charge in [0.1, 0.15) is 18.4 Å². The minimum Gasteiger partial charge on any atom is -0.361 e. The van der Waals surface area contributed by atoms with Crippen molar-refractivity contribution in [3.63, 3.8) is 0 Å². The third-order valence-corrected chi connectivity index (χ3v) is 3.15. The fraction of sp³-hybridized carbons (Fsp3) is 0.200. The standard InChI is InChI=1S/C15H15N5O2/c1-11-6-14(19-22-11)15(21)17-7-12-2-4-13(5-3-12)8-20-10-16-9-18-20/h2-6,9-10H,7-8H2,1H3,(H,17,21). The van der Waals surface area contributed by atoms with Crippen LogP contribution in [0.25, 0.3) is 0 Å². The molecule has 0 aliphatic carbocycles. The highest BCUT2D eigenvalue weighted by atomic mass is 16.5. The number of nitrogens with one attached hydrogen (secondary N) is 1. The molecule has 0 fully saturated rings. The van der Waals surface area contributed by atoms with Crippen LogP contribution in [-0.4, -0.2) is 25.8 Å². The maximum atomic E-state index is 11.9. The van der Waals surface area contributed by atoms with Crippen molar-refractivity contribution in [3.8, 4) is 0 Å². The molecular formula is C15H15N5O2. The third kappa shape index (κ3) is 3.38. The van der Waals surface area contributed by atoms with Crippen molar-refractivity contribution < 1.29 is 9.32 Å². The molecule has 0 aliphatic heterocycles.